The van der Waals surface area contributed by atoms with Crippen LogP contribution >= 0.6 is 11.6 Å². The lowest BCUT2D eigenvalue weighted by Gasteiger charge is -2.08. The third-order valence-corrected chi connectivity index (χ3v) is 3.95. The molecule has 0 aliphatic carbocycles. The van der Waals surface area contributed by atoms with E-state index in [2.05, 4.69) is 10.3 Å². The predicted octanol–water partition coefficient (Wildman–Crippen LogP) is 2.26. The Morgan fingerprint density at radius 2 is 1.96 bits per heavy atom. The first-order valence-corrected chi connectivity index (χ1v) is 7.75. The molecule has 0 saturated carbocycles. The molecule has 3 rings (SSSR count). The van der Waals surface area contributed by atoms with Crippen LogP contribution < -0.4 is 5.32 Å². The SMILES string of the molecule is O=C(O)CNC(=O)c1ncc2c(c(Cl)cn2Cc2ccccc2)c1O. The number of pyridine rings is 1. The third-order valence-electron chi connectivity index (χ3n) is 3.66. The molecular formula is C17H14ClN3O4. The molecule has 3 aromatic rings. The molecule has 8 heteroatoms. The molecule has 2 aromatic heterocycles. The summed E-state index contributed by atoms with van der Waals surface area (Å²) in [6, 6.07) is 9.67. The van der Waals surface area contributed by atoms with E-state index in [9.17, 15) is 14.7 Å². The van der Waals surface area contributed by atoms with E-state index in [0.717, 1.165) is 5.56 Å². The van der Waals surface area contributed by atoms with Crippen molar-refractivity contribution in [2.24, 2.45) is 0 Å². The van der Waals surface area contributed by atoms with Gasteiger partial charge in [-0.1, -0.05) is 41.9 Å². The lowest BCUT2D eigenvalue weighted by atomic mass is 10.2. The first kappa shape index (κ1) is 16.8. The minimum Gasteiger partial charge on any atom is -0.505 e. The van der Waals surface area contributed by atoms with E-state index >= 15 is 0 Å². The molecule has 0 atom stereocenters. The summed E-state index contributed by atoms with van der Waals surface area (Å²) >= 11 is 6.22. The van der Waals surface area contributed by atoms with Crippen LogP contribution in [0.3, 0.4) is 0 Å². The Hall–Kier alpha value is -3.06. The molecule has 0 fully saturated rings. The topological polar surface area (TPSA) is 104 Å². The van der Waals surface area contributed by atoms with Gasteiger partial charge in [-0.05, 0) is 5.56 Å². The summed E-state index contributed by atoms with van der Waals surface area (Å²) in [7, 11) is 0. The predicted molar refractivity (Wildman–Crippen MR) is 91.9 cm³/mol. The number of fused-ring (bicyclic) bond motifs is 1. The van der Waals surface area contributed by atoms with Crippen molar-refractivity contribution >= 4 is 34.4 Å². The van der Waals surface area contributed by atoms with Crippen LogP contribution in [0.4, 0.5) is 0 Å². The van der Waals surface area contributed by atoms with Gasteiger partial charge in [0.15, 0.2) is 11.4 Å². The van der Waals surface area contributed by atoms with Crippen molar-refractivity contribution in [1.82, 2.24) is 14.9 Å². The molecule has 0 spiro atoms. The Labute approximate surface area is 147 Å². The summed E-state index contributed by atoms with van der Waals surface area (Å²) < 4.78 is 1.82. The zero-order chi connectivity index (χ0) is 18.0. The van der Waals surface area contributed by atoms with Gasteiger partial charge in [-0.2, -0.15) is 0 Å². The van der Waals surface area contributed by atoms with Crippen molar-refractivity contribution in [3.8, 4) is 5.75 Å². The molecular weight excluding hydrogens is 346 g/mol. The highest BCUT2D eigenvalue weighted by Crippen LogP contribution is 2.35. The van der Waals surface area contributed by atoms with Crippen molar-refractivity contribution in [2.45, 2.75) is 6.54 Å². The van der Waals surface area contributed by atoms with Gasteiger partial charge in [0.25, 0.3) is 5.91 Å². The summed E-state index contributed by atoms with van der Waals surface area (Å²) in [5.41, 5.74) is 1.34. The van der Waals surface area contributed by atoms with Gasteiger partial charge in [-0.3, -0.25) is 9.59 Å². The number of hydrogen-bond acceptors (Lipinski definition) is 4. The monoisotopic (exact) mass is 359 g/mol. The maximum atomic E-state index is 12.0. The number of carboxylic acids is 1. The normalized spacial score (nSPS) is 10.8. The quantitative estimate of drug-likeness (QED) is 0.648. The number of benzene rings is 1. The van der Waals surface area contributed by atoms with Crippen molar-refractivity contribution in [2.75, 3.05) is 6.54 Å². The number of nitrogens with one attached hydrogen (secondary N) is 1. The van der Waals surface area contributed by atoms with Crippen LogP contribution in [0.5, 0.6) is 5.75 Å². The van der Waals surface area contributed by atoms with E-state index in [1.165, 1.54) is 6.20 Å². The highest BCUT2D eigenvalue weighted by atomic mass is 35.5. The molecule has 0 bridgehead atoms. The number of rotatable bonds is 5. The van der Waals surface area contributed by atoms with Crippen LogP contribution in [-0.2, 0) is 11.3 Å². The number of aliphatic carboxylic acids is 1. The lowest BCUT2D eigenvalue weighted by Crippen LogP contribution is -2.29. The number of halogens is 1. The van der Waals surface area contributed by atoms with E-state index in [-0.39, 0.29) is 16.5 Å². The Morgan fingerprint density at radius 1 is 1.24 bits per heavy atom. The summed E-state index contributed by atoms with van der Waals surface area (Å²) in [5, 5.41) is 21.7. The number of amides is 1. The standard InChI is InChI=1S/C17H14ClN3O4/c18-11-9-21(8-10-4-2-1-3-5-10)12-6-19-15(16(24)14(11)12)17(25)20-7-13(22)23/h1-6,9,24H,7-8H2,(H,20,25)(H,22,23). The van der Waals surface area contributed by atoms with E-state index in [4.69, 9.17) is 16.7 Å². The Balaban J connectivity index is 1.98. The Morgan fingerprint density at radius 3 is 2.64 bits per heavy atom. The second-order valence-electron chi connectivity index (χ2n) is 5.38. The second-order valence-corrected chi connectivity index (χ2v) is 5.79. The summed E-state index contributed by atoms with van der Waals surface area (Å²) in [5.74, 6) is -2.35. The molecule has 25 heavy (non-hydrogen) atoms. The lowest BCUT2D eigenvalue weighted by molar-refractivity contribution is -0.135. The molecule has 2 heterocycles. The first-order valence-electron chi connectivity index (χ1n) is 7.37. The highest BCUT2D eigenvalue weighted by molar-refractivity contribution is 6.36. The average molecular weight is 360 g/mol. The second kappa shape index (κ2) is 6.82. The third kappa shape index (κ3) is 3.41. The molecule has 7 nitrogen and oxygen atoms in total. The molecule has 3 N–H and O–H groups in total. The summed E-state index contributed by atoms with van der Waals surface area (Å²) in [6.45, 7) is -0.0452. The fourth-order valence-corrected chi connectivity index (χ4v) is 2.84. The molecule has 0 unspecified atom stereocenters. The summed E-state index contributed by atoms with van der Waals surface area (Å²) in [4.78, 5) is 26.5. The zero-order valence-electron chi connectivity index (χ0n) is 12.9. The van der Waals surface area contributed by atoms with E-state index in [1.54, 1.807) is 6.20 Å². The number of carbonyl (C=O) groups is 2. The van der Waals surface area contributed by atoms with Gasteiger partial charge in [0, 0.05) is 12.7 Å². The van der Waals surface area contributed by atoms with Gasteiger partial charge in [0.2, 0.25) is 0 Å². The minimum absolute atomic E-state index is 0.270. The van der Waals surface area contributed by atoms with Gasteiger partial charge in [-0.25, -0.2) is 4.98 Å². The molecule has 1 aromatic carbocycles. The smallest absolute Gasteiger partial charge is 0.322 e. The number of nitrogens with zero attached hydrogens (tertiary/aromatic N) is 2. The van der Waals surface area contributed by atoms with E-state index < -0.39 is 18.4 Å². The number of aromatic hydroxyl groups is 1. The van der Waals surface area contributed by atoms with Crippen LogP contribution in [0, 0.1) is 0 Å². The van der Waals surface area contributed by atoms with Gasteiger partial charge >= 0.3 is 5.97 Å². The maximum Gasteiger partial charge on any atom is 0.322 e. The fourth-order valence-electron chi connectivity index (χ4n) is 2.53. The van der Waals surface area contributed by atoms with Crippen molar-refractivity contribution in [3.63, 3.8) is 0 Å². The molecule has 0 saturated heterocycles. The van der Waals surface area contributed by atoms with Crippen molar-refractivity contribution < 1.29 is 19.8 Å². The van der Waals surface area contributed by atoms with Crippen LogP contribution in [0.2, 0.25) is 5.02 Å². The number of carboxylic acid groups (broad SMARTS) is 1. The number of carbonyl (C=O) groups excluding carboxylic acids is 1. The van der Waals surface area contributed by atoms with Gasteiger partial charge < -0.3 is 20.1 Å². The van der Waals surface area contributed by atoms with E-state index in [1.807, 2.05) is 34.9 Å². The van der Waals surface area contributed by atoms with Gasteiger partial charge in [-0.15, -0.1) is 0 Å². The molecule has 0 aliphatic heterocycles. The zero-order valence-corrected chi connectivity index (χ0v) is 13.7. The average Bonchev–Trinajstić information content (AvgIpc) is 2.90. The van der Waals surface area contributed by atoms with Crippen molar-refractivity contribution in [3.05, 3.63) is 59.0 Å². The highest BCUT2D eigenvalue weighted by Gasteiger charge is 2.20. The largest absolute Gasteiger partial charge is 0.505 e. The molecule has 128 valence electrons. The summed E-state index contributed by atoms with van der Waals surface area (Å²) in [6.07, 6.45) is 3.08. The fraction of sp³-hybridized carbons (Fsp3) is 0.118. The Kier molecular flexibility index (Phi) is 4.58. The Bertz CT molecular complexity index is 953. The van der Waals surface area contributed by atoms with Crippen LogP contribution in [0.1, 0.15) is 16.1 Å². The minimum atomic E-state index is -1.19. The number of aromatic nitrogens is 2. The van der Waals surface area contributed by atoms with Gasteiger partial charge in [0.1, 0.15) is 6.54 Å². The van der Waals surface area contributed by atoms with Crippen molar-refractivity contribution in [1.29, 1.82) is 0 Å². The van der Waals surface area contributed by atoms with Crippen LogP contribution in [0.25, 0.3) is 10.9 Å². The van der Waals surface area contributed by atoms with Crippen LogP contribution in [0.15, 0.2) is 42.7 Å². The van der Waals surface area contributed by atoms with E-state index in [0.29, 0.717) is 17.4 Å². The number of hydrogen-bond donors (Lipinski definition) is 3. The van der Waals surface area contributed by atoms with Gasteiger partial charge in [0.05, 0.1) is 22.1 Å². The molecule has 0 aliphatic rings. The van der Waals surface area contributed by atoms with Crippen LogP contribution in [-0.4, -0.2) is 38.2 Å². The maximum absolute atomic E-state index is 12.0. The molecule has 1 amide bonds. The first-order chi connectivity index (χ1) is 12.0. The molecule has 0 radical (unpaired) electrons.